The minimum absolute atomic E-state index is 0.104. The monoisotopic (exact) mass is 234 g/mol. The Morgan fingerprint density at radius 2 is 2.27 bits per heavy atom. The molecule has 0 bridgehead atoms. The van der Waals surface area contributed by atoms with E-state index in [1.807, 2.05) is 13.8 Å². The van der Waals surface area contributed by atoms with Crippen LogP contribution in [0.25, 0.3) is 0 Å². The second-order valence-electron chi connectivity index (χ2n) is 4.99. The topological polar surface area (TPSA) is 55.6 Å². The molecule has 0 aromatic carbocycles. The van der Waals surface area contributed by atoms with Crippen molar-refractivity contribution in [3.63, 3.8) is 0 Å². The van der Waals surface area contributed by atoms with E-state index in [2.05, 4.69) is 11.9 Å². The van der Waals surface area contributed by atoms with Gasteiger partial charge in [-0.1, -0.05) is 0 Å². The van der Waals surface area contributed by atoms with E-state index >= 15 is 0 Å². The highest BCUT2D eigenvalue weighted by Gasteiger charge is 2.22. The summed E-state index contributed by atoms with van der Waals surface area (Å²) in [6.45, 7) is 6.38. The number of morpholine rings is 1. The molecule has 0 aromatic heterocycles. The number of ether oxygens (including phenoxy) is 1. The molecular weight excluding hydrogens is 212 g/mol. The van der Waals surface area contributed by atoms with Crippen LogP contribution in [0.3, 0.4) is 0 Å². The predicted octanol–water partition coefficient (Wildman–Crippen LogP) is -0.197. The van der Waals surface area contributed by atoms with E-state index in [1.54, 1.807) is 0 Å². The molecule has 0 saturated carbocycles. The SMILES string of the molecule is CN1CCOC(CS(=O)CC(C)(C)N)C1. The van der Waals surface area contributed by atoms with Crippen LogP contribution < -0.4 is 5.73 Å². The zero-order valence-corrected chi connectivity index (χ0v) is 10.7. The second kappa shape index (κ2) is 5.39. The Morgan fingerprint density at radius 1 is 1.60 bits per heavy atom. The largest absolute Gasteiger partial charge is 0.375 e. The van der Waals surface area contributed by atoms with Gasteiger partial charge in [-0.05, 0) is 20.9 Å². The summed E-state index contributed by atoms with van der Waals surface area (Å²) >= 11 is 0. The quantitative estimate of drug-likeness (QED) is 0.732. The Morgan fingerprint density at radius 3 is 2.80 bits per heavy atom. The van der Waals surface area contributed by atoms with E-state index in [4.69, 9.17) is 10.5 Å². The van der Waals surface area contributed by atoms with Gasteiger partial charge in [0.05, 0.1) is 18.5 Å². The van der Waals surface area contributed by atoms with Gasteiger partial charge in [-0.25, -0.2) is 0 Å². The van der Waals surface area contributed by atoms with Crippen molar-refractivity contribution >= 4 is 10.8 Å². The van der Waals surface area contributed by atoms with Gasteiger partial charge in [0, 0.05) is 35.2 Å². The van der Waals surface area contributed by atoms with E-state index in [-0.39, 0.29) is 11.6 Å². The molecule has 5 heteroatoms. The highest BCUT2D eigenvalue weighted by molar-refractivity contribution is 7.85. The van der Waals surface area contributed by atoms with Gasteiger partial charge in [0.15, 0.2) is 0 Å². The number of likely N-dealkylation sites (N-methyl/N-ethyl adjacent to an activating group) is 1. The van der Waals surface area contributed by atoms with Gasteiger partial charge in [-0.15, -0.1) is 0 Å². The van der Waals surface area contributed by atoms with Gasteiger partial charge in [0.25, 0.3) is 0 Å². The molecule has 4 nitrogen and oxygen atoms in total. The molecule has 0 radical (unpaired) electrons. The number of hydrogen-bond donors (Lipinski definition) is 1. The predicted molar refractivity (Wildman–Crippen MR) is 63.4 cm³/mol. The fraction of sp³-hybridized carbons (Fsp3) is 1.00. The molecule has 0 spiro atoms. The number of nitrogens with two attached hydrogens (primary N) is 1. The minimum Gasteiger partial charge on any atom is -0.375 e. The fourth-order valence-corrected chi connectivity index (χ4v) is 3.21. The van der Waals surface area contributed by atoms with Gasteiger partial charge >= 0.3 is 0 Å². The zero-order valence-electron chi connectivity index (χ0n) is 9.86. The molecule has 1 saturated heterocycles. The van der Waals surface area contributed by atoms with Crippen LogP contribution in [0, 0.1) is 0 Å². The lowest BCUT2D eigenvalue weighted by atomic mass is 10.1. The zero-order chi connectivity index (χ0) is 11.5. The summed E-state index contributed by atoms with van der Waals surface area (Å²) in [4.78, 5) is 2.21. The normalized spacial score (nSPS) is 26.5. The van der Waals surface area contributed by atoms with E-state index in [0.29, 0.717) is 11.5 Å². The maximum atomic E-state index is 11.8. The molecule has 90 valence electrons. The van der Waals surface area contributed by atoms with Crippen LogP contribution in [0.2, 0.25) is 0 Å². The summed E-state index contributed by atoms with van der Waals surface area (Å²) in [5.41, 5.74) is 5.47. The molecular formula is C10H22N2O2S. The molecule has 0 aliphatic carbocycles. The Hall–Kier alpha value is 0.0300. The maximum Gasteiger partial charge on any atom is 0.0817 e. The van der Waals surface area contributed by atoms with E-state index in [9.17, 15) is 4.21 Å². The van der Waals surface area contributed by atoms with Crippen LogP contribution >= 0.6 is 0 Å². The summed E-state index contributed by atoms with van der Waals surface area (Å²) < 4.78 is 17.3. The van der Waals surface area contributed by atoms with Crippen molar-refractivity contribution in [2.45, 2.75) is 25.5 Å². The summed E-state index contributed by atoms with van der Waals surface area (Å²) in [5, 5.41) is 0. The highest BCUT2D eigenvalue weighted by Crippen LogP contribution is 2.07. The number of nitrogens with zero attached hydrogens (tertiary/aromatic N) is 1. The van der Waals surface area contributed by atoms with Gasteiger partial charge in [0.1, 0.15) is 0 Å². The lowest BCUT2D eigenvalue weighted by Gasteiger charge is -2.30. The molecule has 1 rings (SSSR count). The molecule has 0 aromatic rings. The molecule has 1 aliphatic heterocycles. The highest BCUT2D eigenvalue weighted by atomic mass is 32.2. The lowest BCUT2D eigenvalue weighted by Crippen LogP contribution is -2.45. The second-order valence-corrected chi connectivity index (χ2v) is 6.50. The third-order valence-corrected chi connectivity index (χ3v) is 4.06. The van der Waals surface area contributed by atoms with Crippen LogP contribution in [-0.4, -0.2) is 59.0 Å². The summed E-state index contributed by atoms with van der Waals surface area (Å²) in [6.07, 6.45) is 0.104. The Balaban J connectivity index is 2.31. The average molecular weight is 234 g/mol. The fourth-order valence-electron chi connectivity index (χ4n) is 1.65. The molecule has 2 atom stereocenters. The van der Waals surface area contributed by atoms with E-state index in [1.165, 1.54) is 0 Å². The molecule has 1 aliphatic rings. The Labute approximate surface area is 94.6 Å². The van der Waals surface area contributed by atoms with Gasteiger partial charge in [0.2, 0.25) is 0 Å². The smallest absolute Gasteiger partial charge is 0.0817 e. The van der Waals surface area contributed by atoms with Crippen molar-refractivity contribution < 1.29 is 8.95 Å². The first-order valence-corrected chi connectivity index (χ1v) is 6.79. The molecule has 1 heterocycles. The van der Waals surface area contributed by atoms with Crippen LogP contribution in [0.5, 0.6) is 0 Å². The van der Waals surface area contributed by atoms with Crippen LogP contribution in [0.4, 0.5) is 0 Å². The molecule has 2 unspecified atom stereocenters. The summed E-state index contributed by atoms with van der Waals surface area (Å²) in [5.74, 6) is 1.14. The van der Waals surface area contributed by atoms with Crippen molar-refractivity contribution in [2.24, 2.45) is 5.73 Å². The van der Waals surface area contributed by atoms with Crippen molar-refractivity contribution in [2.75, 3.05) is 38.2 Å². The first-order valence-electron chi connectivity index (χ1n) is 5.31. The third kappa shape index (κ3) is 5.61. The maximum absolute atomic E-state index is 11.8. The van der Waals surface area contributed by atoms with Crippen LogP contribution in [0.1, 0.15) is 13.8 Å². The molecule has 0 amide bonds. The standard InChI is InChI=1S/C10H22N2O2S/c1-10(2,11)8-15(13)7-9-6-12(3)4-5-14-9/h9H,4-8,11H2,1-3H3. The molecule has 15 heavy (non-hydrogen) atoms. The van der Waals surface area contributed by atoms with Crippen LogP contribution in [-0.2, 0) is 15.5 Å². The average Bonchev–Trinajstić information content (AvgIpc) is 1.99. The lowest BCUT2D eigenvalue weighted by molar-refractivity contribution is -0.00642. The van der Waals surface area contributed by atoms with E-state index < -0.39 is 10.8 Å². The molecule has 1 fully saturated rings. The number of hydrogen-bond acceptors (Lipinski definition) is 4. The molecule has 2 N–H and O–H groups in total. The van der Waals surface area contributed by atoms with Crippen molar-refractivity contribution in [1.82, 2.24) is 4.90 Å². The van der Waals surface area contributed by atoms with Gasteiger partial charge in [-0.2, -0.15) is 0 Å². The summed E-state index contributed by atoms with van der Waals surface area (Å²) in [7, 11) is 1.18. The van der Waals surface area contributed by atoms with Gasteiger partial charge < -0.3 is 15.4 Å². The van der Waals surface area contributed by atoms with Crippen molar-refractivity contribution in [3.8, 4) is 0 Å². The number of rotatable bonds is 4. The summed E-state index contributed by atoms with van der Waals surface area (Å²) in [6, 6.07) is 0. The van der Waals surface area contributed by atoms with Gasteiger partial charge in [-0.3, -0.25) is 4.21 Å². The van der Waals surface area contributed by atoms with Crippen LogP contribution in [0.15, 0.2) is 0 Å². The van der Waals surface area contributed by atoms with Crippen molar-refractivity contribution in [1.29, 1.82) is 0 Å². The minimum atomic E-state index is -0.879. The first kappa shape index (κ1) is 13.1. The Kier molecular flexibility index (Phi) is 4.70. The Bertz CT molecular complexity index is 228. The van der Waals surface area contributed by atoms with Crippen molar-refractivity contribution in [3.05, 3.63) is 0 Å². The van der Waals surface area contributed by atoms with E-state index in [0.717, 1.165) is 19.7 Å². The third-order valence-electron chi connectivity index (χ3n) is 2.25. The first-order chi connectivity index (χ1) is 6.87.